The number of benzene rings is 2. The third-order valence-corrected chi connectivity index (χ3v) is 52.4. The summed E-state index contributed by atoms with van der Waals surface area (Å²) in [6, 6.07) is 15.3. The predicted octanol–water partition coefficient (Wildman–Crippen LogP) is 7.76. The maximum atomic E-state index is 7.78. The standard InChI is InChI=1S/C15H8BrS.C4H10N.C2H7Si.2ClH.Zr/c16-10-5-6-11-9(7-10)8-13-12-3-1-2-4-14(12)17-15(11)13;1-4(2,3)5;1-3-2;;;/h1-7,15H;5H,1-3H3;3H,1-2H3;2*1H;/q;-1;;;;+3/p-2. The Morgan fingerprint density at radius 1 is 1.07 bits per heavy atom. The van der Waals surface area contributed by atoms with E-state index in [1.807, 2.05) is 11.8 Å². The molecule has 28 heavy (non-hydrogen) atoms. The molecule has 0 saturated heterocycles. The SMILES string of the molecule is C[SiH](C)[Zr]([Cl])([Cl])([NH]C(C)(C)C)[C]1=C2c3ccccc3SC2c2ccc(Br)cc21. The molecule has 1 nitrogen and oxygen atoms in total. The van der Waals surface area contributed by atoms with Crippen LogP contribution in [0.1, 0.15) is 42.7 Å². The van der Waals surface area contributed by atoms with E-state index in [-0.39, 0.29) is 10.8 Å². The minimum absolute atomic E-state index is 0.144. The van der Waals surface area contributed by atoms with Crippen LogP contribution in [-0.2, 0) is 15.8 Å². The van der Waals surface area contributed by atoms with Crippen molar-refractivity contribution < 1.29 is 15.8 Å². The zero-order valence-electron chi connectivity index (χ0n) is 16.7. The van der Waals surface area contributed by atoms with Crippen LogP contribution in [-0.4, -0.2) is 11.5 Å². The molecule has 7 heteroatoms. The summed E-state index contributed by atoms with van der Waals surface area (Å²) in [6.45, 7) is 11.2. The van der Waals surface area contributed by atoms with Crippen LogP contribution in [0.15, 0.2) is 51.8 Å². The Bertz CT molecular complexity index is 1020. The zero-order chi connectivity index (χ0) is 20.5. The Morgan fingerprint density at radius 3 is 2.39 bits per heavy atom. The first-order valence-electron chi connectivity index (χ1n) is 9.59. The van der Waals surface area contributed by atoms with Gasteiger partial charge in [-0.1, -0.05) is 0 Å². The molecular weight excluding hydrogens is 568 g/mol. The molecule has 149 valence electrons. The zero-order valence-corrected chi connectivity index (χ0v) is 24.3. The van der Waals surface area contributed by atoms with Gasteiger partial charge in [-0.15, -0.1) is 0 Å². The number of hydrogen-bond acceptors (Lipinski definition) is 2. The number of rotatable bonds is 3. The molecule has 1 unspecified atom stereocenters. The predicted molar refractivity (Wildman–Crippen MR) is 129 cm³/mol. The third kappa shape index (κ3) is 3.42. The van der Waals surface area contributed by atoms with Crippen LogP contribution in [0.4, 0.5) is 0 Å². The topological polar surface area (TPSA) is 12.0 Å². The molecule has 1 N–H and O–H groups in total. The Balaban J connectivity index is 2.09. The third-order valence-electron chi connectivity index (χ3n) is 5.60. The first-order valence-corrected chi connectivity index (χ1v) is 27.2. The van der Waals surface area contributed by atoms with E-state index in [1.54, 1.807) is 0 Å². The number of thioether (sulfide) groups is 1. The summed E-state index contributed by atoms with van der Waals surface area (Å²) in [5.41, 5.74) is 5.13. The van der Waals surface area contributed by atoms with Crippen molar-refractivity contribution >= 4 is 59.5 Å². The van der Waals surface area contributed by atoms with Gasteiger partial charge in [-0.05, 0) is 0 Å². The van der Waals surface area contributed by atoms with E-state index in [9.17, 15) is 0 Å². The average molecular weight is 594 g/mol. The second-order valence-electron chi connectivity index (χ2n) is 9.13. The minimum atomic E-state index is -4.52. The van der Waals surface area contributed by atoms with Crippen molar-refractivity contribution in [1.29, 1.82) is 0 Å². The number of nitrogens with one attached hydrogen (secondary N) is 1. The van der Waals surface area contributed by atoms with Crippen molar-refractivity contribution in [3.63, 3.8) is 0 Å². The molecule has 1 heterocycles. The number of halogens is 3. The normalized spacial score (nSPS) is 20.0. The summed E-state index contributed by atoms with van der Waals surface area (Å²) in [5, 5.41) is 0.287. The fourth-order valence-electron chi connectivity index (χ4n) is 4.40. The van der Waals surface area contributed by atoms with Crippen molar-refractivity contribution in [1.82, 2.24) is 3.26 Å². The van der Waals surface area contributed by atoms with Gasteiger partial charge >= 0.3 is 192 Å². The first-order chi connectivity index (χ1) is 12.9. The summed E-state index contributed by atoms with van der Waals surface area (Å²) in [6.07, 6.45) is 0. The molecule has 0 spiro atoms. The molecule has 0 radical (unpaired) electrons. The van der Waals surface area contributed by atoms with Crippen LogP contribution in [0.5, 0.6) is 0 Å². The van der Waals surface area contributed by atoms with Crippen molar-refractivity contribution in [2.24, 2.45) is 0 Å². The first kappa shape index (κ1) is 21.9. The second-order valence-corrected chi connectivity index (χ2v) is 50.8. The molecule has 1 atom stereocenters. The molecule has 1 aliphatic heterocycles. The molecule has 0 bridgehead atoms. The summed E-state index contributed by atoms with van der Waals surface area (Å²) < 4.78 is 6.22. The van der Waals surface area contributed by atoms with Gasteiger partial charge in [0.05, 0.1) is 0 Å². The van der Waals surface area contributed by atoms with Crippen molar-refractivity contribution in [2.75, 3.05) is 0 Å². The molecule has 0 saturated carbocycles. The summed E-state index contributed by atoms with van der Waals surface area (Å²) in [5.74, 6) is -1.46. The van der Waals surface area contributed by atoms with Crippen LogP contribution in [0, 0.1) is 0 Å². The van der Waals surface area contributed by atoms with Gasteiger partial charge in [0.2, 0.25) is 0 Å². The molecule has 2 aliphatic rings. The van der Waals surface area contributed by atoms with E-state index in [4.69, 9.17) is 17.0 Å². The van der Waals surface area contributed by atoms with Gasteiger partial charge < -0.3 is 0 Å². The van der Waals surface area contributed by atoms with Gasteiger partial charge in [-0.25, -0.2) is 0 Å². The van der Waals surface area contributed by atoms with Crippen LogP contribution in [0.2, 0.25) is 13.1 Å². The van der Waals surface area contributed by atoms with Gasteiger partial charge in [0, 0.05) is 0 Å². The van der Waals surface area contributed by atoms with Crippen molar-refractivity contribution in [3.05, 3.63) is 63.6 Å². The maximum absolute atomic E-state index is 7.78. The molecule has 0 fully saturated rings. The van der Waals surface area contributed by atoms with E-state index in [1.165, 1.54) is 30.4 Å². The Morgan fingerprint density at radius 2 is 1.75 bits per heavy atom. The summed E-state index contributed by atoms with van der Waals surface area (Å²) in [7, 11) is 15.6. The van der Waals surface area contributed by atoms with E-state index in [2.05, 4.69) is 95.5 Å². The fourth-order valence-corrected chi connectivity index (χ4v) is 31.2. The Labute approximate surface area is 190 Å². The van der Waals surface area contributed by atoms with E-state index in [0.717, 1.165) is 4.47 Å². The summed E-state index contributed by atoms with van der Waals surface area (Å²) >= 11 is 1.10. The van der Waals surface area contributed by atoms with Crippen LogP contribution < -0.4 is 3.26 Å². The summed E-state index contributed by atoms with van der Waals surface area (Å²) in [4.78, 5) is 1.33. The average Bonchev–Trinajstić information content (AvgIpc) is 3.06. The molecule has 2 aromatic rings. The number of fused-ring (bicyclic) bond motifs is 5. The molecule has 2 aromatic carbocycles. The van der Waals surface area contributed by atoms with Crippen molar-refractivity contribution in [2.45, 2.75) is 49.5 Å². The Kier molecular flexibility index (Phi) is 5.53. The van der Waals surface area contributed by atoms with Gasteiger partial charge in [-0.2, -0.15) is 0 Å². The van der Waals surface area contributed by atoms with Crippen LogP contribution in [0.25, 0.3) is 8.85 Å². The van der Waals surface area contributed by atoms with Crippen molar-refractivity contribution in [3.8, 4) is 0 Å². The van der Waals surface area contributed by atoms with Gasteiger partial charge in [0.25, 0.3) is 0 Å². The van der Waals surface area contributed by atoms with Crippen LogP contribution in [0.3, 0.4) is 0 Å². The fraction of sp³-hybridized carbons (Fsp3) is 0.333. The van der Waals surface area contributed by atoms with Crippen LogP contribution >= 0.6 is 44.7 Å². The quantitative estimate of drug-likeness (QED) is 0.365. The second kappa shape index (κ2) is 7.08. The number of hydrogen-bond donors (Lipinski definition) is 1. The van der Waals surface area contributed by atoms with E-state index >= 15 is 0 Å². The van der Waals surface area contributed by atoms with Gasteiger partial charge in [-0.3, -0.25) is 0 Å². The van der Waals surface area contributed by atoms with Gasteiger partial charge in [0.1, 0.15) is 0 Å². The van der Waals surface area contributed by atoms with Gasteiger partial charge in [0.15, 0.2) is 0 Å². The molecule has 4 rings (SSSR count). The van der Waals surface area contributed by atoms with E-state index in [0.29, 0.717) is 0 Å². The molecule has 1 aliphatic carbocycles. The molecule has 0 aromatic heterocycles. The molecule has 0 amide bonds. The Hall–Kier alpha value is 0.650. The monoisotopic (exact) mass is 590 g/mol. The van der Waals surface area contributed by atoms with E-state index < -0.39 is 21.8 Å². The molecular formula is C21H25BrCl2NSSiZr.